The van der Waals surface area contributed by atoms with Gasteiger partial charge in [-0.15, -0.1) is 0 Å². The summed E-state index contributed by atoms with van der Waals surface area (Å²) in [6, 6.07) is 7.43. The molecule has 106 valence electrons. The first-order valence-electron chi connectivity index (χ1n) is 6.21. The second-order valence-corrected chi connectivity index (χ2v) is 5.57. The lowest BCUT2D eigenvalue weighted by Gasteiger charge is -2.33. The van der Waals surface area contributed by atoms with Gasteiger partial charge in [-0.05, 0) is 33.0 Å². The predicted molar refractivity (Wildman–Crippen MR) is 81.6 cm³/mol. The number of hydrogen-bond donors (Lipinski definition) is 2. The van der Waals surface area contributed by atoms with E-state index < -0.39 is 0 Å². The zero-order valence-electron chi connectivity index (χ0n) is 11.7. The van der Waals surface area contributed by atoms with Crippen LogP contribution in [0.5, 0.6) is 5.75 Å². The van der Waals surface area contributed by atoms with Gasteiger partial charge in [0.15, 0.2) is 0 Å². The van der Waals surface area contributed by atoms with Crippen molar-refractivity contribution in [3.63, 3.8) is 0 Å². The Morgan fingerprint density at radius 1 is 1.47 bits per heavy atom. The number of hydrogen-bond acceptors (Lipinski definition) is 4. The van der Waals surface area contributed by atoms with Crippen LogP contribution in [-0.4, -0.2) is 47.3 Å². The van der Waals surface area contributed by atoms with Crippen LogP contribution in [0.4, 0.5) is 0 Å². The Bertz CT molecular complexity index is 435. The molecular weight excluding hydrogens is 260 g/mol. The summed E-state index contributed by atoms with van der Waals surface area (Å²) in [6.07, 6.45) is 0. The lowest BCUT2D eigenvalue weighted by atomic mass is 10.1. The minimum absolute atomic E-state index is 0.112. The van der Waals surface area contributed by atoms with Crippen LogP contribution >= 0.6 is 12.2 Å². The molecule has 1 rings (SSSR count). The average molecular weight is 282 g/mol. The zero-order valence-corrected chi connectivity index (χ0v) is 12.5. The maximum Gasteiger partial charge on any atom is 0.120 e. The van der Waals surface area contributed by atoms with Gasteiger partial charge < -0.3 is 15.6 Å². The number of nitrogens with zero attached hydrogens (tertiary/aromatic N) is 1. The number of likely N-dealkylation sites (N-methyl/N-ethyl adjacent to an activating group) is 1. The van der Waals surface area contributed by atoms with Crippen molar-refractivity contribution in [1.29, 1.82) is 0 Å². The molecule has 0 atom stereocenters. The number of thiocarbonyl (C=S) groups is 1. The molecule has 1 aromatic rings. The van der Waals surface area contributed by atoms with Crippen LogP contribution in [0.1, 0.15) is 19.4 Å². The van der Waals surface area contributed by atoms with E-state index in [0.717, 1.165) is 17.9 Å². The molecular formula is C14H22N2O2S. The fourth-order valence-corrected chi connectivity index (χ4v) is 1.59. The maximum absolute atomic E-state index is 9.27. The Labute approximate surface area is 120 Å². The highest BCUT2D eigenvalue weighted by Crippen LogP contribution is 2.14. The fraction of sp³-hybridized carbons (Fsp3) is 0.500. The highest BCUT2D eigenvalue weighted by Gasteiger charge is 2.21. The first-order chi connectivity index (χ1) is 8.86. The highest BCUT2D eigenvalue weighted by atomic mass is 32.1. The summed E-state index contributed by atoms with van der Waals surface area (Å²) in [5, 5.41) is 9.27. The fourth-order valence-electron chi connectivity index (χ4n) is 1.46. The normalized spacial score (nSPS) is 11.6. The van der Waals surface area contributed by atoms with Gasteiger partial charge in [0.2, 0.25) is 0 Å². The van der Waals surface area contributed by atoms with Crippen LogP contribution in [0.25, 0.3) is 0 Å². The molecule has 0 heterocycles. The summed E-state index contributed by atoms with van der Waals surface area (Å²) < 4.78 is 5.67. The largest absolute Gasteiger partial charge is 0.492 e. The topological polar surface area (TPSA) is 58.7 Å². The first kappa shape index (κ1) is 15.9. The first-order valence-corrected chi connectivity index (χ1v) is 6.62. The molecule has 19 heavy (non-hydrogen) atoms. The van der Waals surface area contributed by atoms with E-state index in [2.05, 4.69) is 4.90 Å². The van der Waals surface area contributed by atoms with E-state index in [4.69, 9.17) is 22.7 Å². The molecule has 0 unspecified atom stereocenters. The van der Waals surface area contributed by atoms with Crippen LogP contribution in [0.3, 0.4) is 0 Å². The lowest BCUT2D eigenvalue weighted by Crippen LogP contribution is -2.45. The van der Waals surface area contributed by atoms with Crippen molar-refractivity contribution in [2.75, 3.05) is 26.8 Å². The van der Waals surface area contributed by atoms with Gasteiger partial charge in [0.1, 0.15) is 17.3 Å². The summed E-state index contributed by atoms with van der Waals surface area (Å²) in [5.41, 5.74) is 6.13. The van der Waals surface area contributed by atoms with Gasteiger partial charge in [0, 0.05) is 17.6 Å². The number of aliphatic hydroxyl groups is 1. The van der Waals surface area contributed by atoms with Gasteiger partial charge in [-0.1, -0.05) is 24.4 Å². The lowest BCUT2D eigenvalue weighted by molar-refractivity contribution is 0.0679. The Morgan fingerprint density at radius 2 is 2.16 bits per heavy atom. The monoisotopic (exact) mass is 282 g/mol. The standard InChI is InChI=1S/C14H22N2O2S/c1-14(2,10-17)16(3)7-8-18-12-6-4-5-11(9-12)13(15)19/h4-6,9,17H,7-8,10H2,1-3H3,(H2,15,19). The van der Waals surface area contributed by atoms with Gasteiger partial charge in [0.05, 0.1) is 6.61 Å². The molecule has 0 aliphatic carbocycles. The van der Waals surface area contributed by atoms with Crippen molar-refractivity contribution < 1.29 is 9.84 Å². The van der Waals surface area contributed by atoms with Crippen LogP contribution in [0.2, 0.25) is 0 Å². The van der Waals surface area contributed by atoms with Crippen molar-refractivity contribution >= 4 is 17.2 Å². The van der Waals surface area contributed by atoms with E-state index in [1.807, 2.05) is 45.2 Å². The molecule has 0 saturated carbocycles. The van der Waals surface area contributed by atoms with E-state index >= 15 is 0 Å². The van der Waals surface area contributed by atoms with Gasteiger partial charge in [-0.3, -0.25) is 4.90 Å². The molecule has 0 bridgehead atoms. The number of nitrogens with two attached hydrogens (primary N) is 1. The molecule has 0 aromatic heterocycles. The predicted octanol–water partition coefficient (Wildman–Crippen LogP) is 1.40. The third kappa shape index (κ3) is 4.78. The van der Waals surface area contributed by atoms with E-state index in [-0.39, 0.29) is 12.1 Å². The molecule has 3 N–H and O–H groups in total. The molecule has 0 saturated heterocycles. The van der Waals surface area contributed by atoms with E-state index in [9.17, 15) is 5.11 Å². The number of aliphatic hydroxyl groups excluding tert-OH is 1. The second-order valence-electron chi connectivity index (χ2n) is 5.13. The Morgan fingerprint density at radius 3 is 2.74 bits per heavy atom. The molecule has 0 aliphatic rings. The molecule has 0 radical (unpaired) electrons. The smallest absolute Gasteiger partial charge is 0.120 e. The third-order valence-electron chi connectivity index (χ3n) is 3.23. The van der Waals surface area contributed by atoms with Crippen molar-refractivity contribution in [3.05, 3.63) is 29.8 Å². The van der Waals surface area contributed by atoms with E-state index in [0.29, 0.717) is 11.6 Å². The SMILES string of the molecule is CN(CCOc1cccc(C(N)=S)c1)C(C)(C)CO. The Balaban J connectivity index is 2.50. The quantitative estimate of drug-likeness (QED) is 0.740. The molecule has 0 aliphatic heterocycles. The molecule has 0 amide bonds. The Kier molecular flexibility index (Phi) is 5.72. The van der Waals surface area contributed by atoms with Crippen LogP contribution in [0, 0.1) is 0 Å². The van der Waals surface area contributed by atoms with E-state index in [1.54, 1.807) is 0 Å². The second kappa shape index (κ2) is 6.84. The zero-order chi connectivity index (χ0) is 14.5. The van der Waals surface area contributed by atoms with Gasteiger partial charge in [-0.2, -0.15) is 0 Å². The summed E-state index contributed by atoms with van der Waals surface area (Å²) in [5.74, 6) is 0.750. The average Bonchev–Trinajstić information content (AvgIpc) is 2.38. The summed E-state index contributed by atoms with van der Waals surface area (Å²) in [6.45, 7) is 5.35. The molecule has 0 spiro atoms. The summed E-state index contributed by atoms with van der Waals surface area (Å²) >= 11 is 4.93. The highest BCUT2D eigenvalue weighted by molar-refractivity contribution is 7.80. The summed E-state index contributed by atoms with van der Waals surface area (Å²) in [7, 11) is 1.96. The molecule has 4 nitrogen and oxygen atoms in total. The van der Waals surface area contributed by atoms with Gasteiger partial charge in [0.25, 0.3) is 0 Å². The molecule has 1 aromatic carbocycles. The van der Waals surface area contributed by atoms with Crippen molar-refractivity contribution in [2.24, 2.45) is 5.73 Å². The van der Waals surface area contributed by atoms with Crippen molar-refractivity contribution in [3.8, 4) is 5.75 Å². The Hall–Kier alpha value is -1.17. The van der Waals surface area contributed by atoms with Crippen LogP contribution in [-0.2, 0) is 0 Å². The third-order valence-corrected chi connectivity index (χ3v) is 3.47. The van der Waals surface area contributed by atoms with Crippen LogP contribution in [0.15, 0.2) is 24.3 Å². The van der Waals surface area contributed by atoms with Crippen molar-refractivity contribution in [2.45, 2.75) is 19.4 Å². The van der Waals surface area contributed by atoms with Gasteiger partial charge >= 0.3 is 0 Å². The number of benzene rings is 1. The molecule has 0 fully saturated rings. The van der Waals surface area contributed by atoms with Crippen molar-refractivity contribution in [1.82, 2.24) is 4.90 Å². The maximum atomic E-state index is 9.27. The number of ether oxygens (including phenoxy) is 1. The number of rotatable bonds is 7. The van der Waals surface area contributed by atoms with Crippen LogP contribution < -0.4 is 10.5 Å². The van der Waals surface area contributed by atoms with Gasteiger partial charge in [-0.25, -0.2) is 0 Å². The minimum atomic E-state index is -0.246. The van der Waals surface area contributed by atoms with E-state index in [1.165, 1.54) is 0 Å². The summed E-state index contributed by atoms with van der Waals surface area (Å²) in [4.78, 5) is 2.42. The minimum Gasteiger partial charge on any atom is -0.492 e. The molecule has 5 heteroatoms.